The van der Waals surface area contributed by atoms with Gasteiger partial charge >= 0.3 is 13.5 Å². The molecule has 0 amide bonds. The van der Waals surface area contributed by atoms with Crippen LogP contribution in [0, 0.1) is 31.6 Å². The SMILES string of the molecule is COP(=O)(Nc1cc(-c2ccc(C#CCC(C)C)cc2)sc1C(=O)O)c1ccc(C)cc1C. The predicted molar refractivity (Wildman–Crippen MR) is 137 cm³/mol. The van der Waals surface area contributed by atoms with Crippen LogP contribution in [0.25, 0.3) is 10.4 Å². The summed E-state index contributed by atoms with van der Waals surface area (Å²) in [5.74, 6) is 5.75. The zero-order valence-electron chi connectivity index (χ0n) is 19.4. The summed E-state index contributed by atoms with van der Waals surface area (Å²) in [4.78, 5) is 12.8. The Kier molecular flexibility index (Phi) is 7.81. The molecule has 1 unspecified atom stereocenters. The lowest BCUT2D eigenvalue weighted by Crippen LogP contribution is -2.17. The molecule has 5 nitrogen and oxygen atoms in total. The van der Waals surface area contributed by atoms with Crippen molar-refractivity contribution in [2.45, 2.75) is 34.1 Å². The first-order chi connectivity index (χ1) is 15.6. The van der Waals surface area contributed by atoms with Crippen LogP contribution in [0.5, 0.6) is 0 Å². The van der Waals surface area contributed by atoms with Gasteiger partial charge in [0.25, 0.3) is 0 Å². The molecule has 3 rings (SSSR count). The second-order valence-electron chi connectivity index (χ2n) is 8.27. The van der Waals surface area contributed by atoms with E-state index in [9.17, 15) is 14.5 Å². The van der Waals surface area contributed by atoms with Crippen molar-refractivity contribution in [1.29, 1.82) is 0 Å². The van der Waals surface area contributed by atoms with E-state index in [-0.39, 0.29) is 10.6 Å². The van der Waals surface area contributed by atoms with Gasteiger partial charge in [-0.2, -0.15) is 0 Å². The first-order valence-electron chi connectivity index (χ1n) is 10.6. The molecule has 0 spiro atoms. The summed E-state index contributed by atoms with van der Waals surface area (Å²) < 4.78 is 19.1. The highest BCUT2D eigenvalue weighted by atomic mass is 32.1. The second kappa shape index (κ2) is 10.4. The van der Waals surface area contributed by atoms with Crippen LogP contribution < -0.4 is 10.4 Å². The molecule has 1 aromatic heterocycles. The van der Waals surface area contributed by atoms with Gasteiger partial charge in [-0.05, 0) is 55.2 Å². The summed E-state index contributed by atoms with van der Waals surface area (Å²) in [7, 11) is -2.17. The fourth-order valence-corrected chi connectivity index (χ4v) is 6.08. The van der Waals surface area contributed by atoms with E-state index >= 15 is 0 Å². The summed E-state index contributed by atoms with van der Waals surface area (Å²) in [6, 6.07) is 14.9. The summed E-state index contributed by atoms with van der Waals surface area (Å²) in [6.45, 7) is 8.07. The largest absolute Gasteiger partial charge is 0.477 e. The maximum absolute atomic E-state index is 13.7. The molecule has 7 heteroatoms. The molecule has 1 heterocycles. The lowest BCUT2D eigenvalue weighted by atomic mass is 10.1. The predicted octanol–water partition coefficient (Wildman–Crippen LogP) is 6.70. The Bertz CT molecular complexity index is 1270. The number of nitrogens with one attached hydrogen (secondary N) is 1. The van der Waals surface area contributed by atoms with E-state index in [0.717, 1.165) is 44.9 Å². The molecule has 0 aliphatic rings. The molecule has 2 aromatic carbocycles. The van der Waals surface area contributed by atoms with E-state index in [4.69, 9.17) is 4.52 Å². The van der Waals surface area contributed by atoms with Crippen LogP contribution in [0.2, 0.25) is 0 Å². The van der Waals surface area contributed by atoms with E-state index in [1.165, 1.54) is 7.11 Å². The van der Waals surface area contributed by atoms with Crippen molar-refractivity contribution in [3.8, 4) is 22.3 Å². The zero-order chi connectivity index (χ0) is 24.2. The molecule has 0 fully saturated rings. The standard InChI is InChI=1S/C26H28NO4PS/c1-17(2)7-6-8-20-10-12-21(13-11-20)24-16-22(25(33-24)26(28)29)27-32(30,31-5)23-14-9-18(3)15-19(23)4/h9-17H,7H2,1-5H3,(H,27,30)(H,28,29). The smallest absolute Gasteiger partial charge is 0.348 e. The van der Waals surface area contributed by atoms with Gasteiger partial charge in [0.05, 0.1) is 11.0 Å². The molecule has 172 valence electrons. The van der Waals surface area contributed by atoms with Crippen LogP contribution in [-0.4, -0.2) is 18.2 Å². The van der Waals surface area contributed by atoms with Crippen LogP contribution in [0.1, 0.15) is 46.6 Å². The first kappa shape index (κ1) is 24.8. The molecule has 1 atom stereocenters. The molecule has 0 radical (unpaired) electrons. The number of benzene rings is 2. The highest BCUT2D eigenvalue weighted by Crippen LogP contribution is 2.48. The third-order valence-corrected chi connectivity index (χ3v) is 8.39. The van der Waals surface area contributed by atoms with Crippen LogP contribution >= 0.6 is 18.9 Å². The molecule has 33 heavy (non-hydrogen) atoms. The number of carboxylic acid groups (broad SMARTS) is 1. The molecule has 0 aliphatic carbocycles. The van der Waals surface area contributed by atoms with E-state index in [0.29, 0.717) is 11.2 Å². The maximum Gasteiger partial charge on any atom is 0.348 e. The minimum absolute atomic E-state index is 0.0767. The quantitative estimate of drug-likeness (QED) is 0.290. The van der Waals surface area contributed by atoms with Gasteiger partial charge in [-0.25, -0.2) is 4.79 Å². The number of rotatable bonds is 7. The first-order valence-corrected chi connectivity index (χ1v) is 13.1. The van der Waals surface area contributed by atoms with Crippen molar-refractivity contribution in [2.75, 3.05) is 12.2 Å². The van der Waals surface area contributed by atoms with Gasteiger partial charge in [0.2, 0.25) is 0 Å². The molecule has 0 bridgehead atoms. The van der Waals surface area contributed by atoms with Crippen LogP contribution in [-0.2, 0) is 9.09 Å². The Balaban J connectivity index is 1.94. The van der Waals surface area contributed by atoms with Crippen molar-refractivity contribution in [3.05, 3.63) is 70.1 Å². The number of hydrogen-bond donors (Lipinski definition) is 2. The Labute approximate surface area is 199 Å². The normalized spacial score (nSPS) is 12.7. The average molecular weight is 482 g/mol. The van der Waals surface area contributed by atoms with Crippen LogP contribution in [0.4, 0.5) is 5.69 Å². The highest BCUT2D eigenvalue weighted by Gasteiger charge is 2.30. The third-order valence-electron chi connectivity index (χ3n) is 5.03. The number of anilines is 1. The van der Waals surface area contributed by atoms with Crippen LogP contribution in [0.15, 0.2) is 48.5 Å². The summed E-state index contributed by atoms with van der Waals surface area (Å²) >= 11 is 1.13. The Morgan fingerprint density at radius 1 is 1.15 bits per heavy atom. The summed E-state index contributed by atoms with van der Waals surface area (Å²) in [6.07, 6.45) is 0.837. The highest BCUT2D eigenvalue weighted by molar-refractivity contribution is 7.68. The van der Waals surface area contributed by atoms with Gasteiger partial charge in [0.1, 0.15) is 4.88 Å². The van der Waals surface area contributed by atoms with Gasteiger partial charge in [0, 0.05) is 24.0 Å². The van der Waals surface area contributed by atoms with Crippen molar-refractivity contribution in [2.24, 2.45) is 5.92 Å². The fraction of sp³-hybridized carbons (Fsp3) is 0.269. The Morgan fingerprint density at radius 2 is 1.85 bits per heavy atom. The van der Waals surface area contributed by atoms with E-state index < -0.39 is 13.5 Å². The van der Waals surface area contributed by atoms with Gasteiger partial charge in [-0.1, -0.05) is 55.5 Å². The van der Waals surface area contributed by atoms with Crippen molar-refractivity contribution in [3.63, 3.8) is 0 Å². The van der Waals surface area contributed by atoms with Crippen molar-refractivity contribution in [1.82, 2.24) is 0 Å². The lowest BCUT2D eigenvalue weighted by molar-refractivity contribution is 0.0703. The molecule has 2 N–H and O–H groups in total. The number of hydrogen-bond acceptors (Lipinski definition) is 4. The topological polar surface area (TPSA) is 75.6 Å². The molecular formula is C26H28NO4PS. The second-order valence-corrected chi connectivity index (χ2v) is 11.5. The molecular weight excluding hydrogens is 453 g/mol. The van der Waals surface area contributed by atoms with Crippen molar-refractivity contribution >= 4 is 35.8 Å². The fourth-order valence-electron chi connectivity index (χ4n) is 3.35. The third kappa shape index (κ3) is 5.94. The summed E-state index contributed by atoms with van der Waals surface area (Å²) in [5, 5.41) is 13.2. The number of thiophene rings is 1. The Morgan fingerprint density at radius 3 is 2.42 bits per heavy atom. The van der Waals surface area contributed by atoms with Gasteiger partial charge in [-0.15, -0.1) is 11.3 Å². The number of carbonyl (C=O) groups is 1. The zero-order valence-corrected chi connectivity index (χ0v) is 21.1. The molecule has 0 aliphatic heterocycles. The lowest BCUT2D eigenvalue weighted by Gasteiger charge is -2.20. The van der Waals surface area contributed by atoms with Gasteiger partial charge in [-0.3, -0.25) is 4.57 Å². The molecule has 3 aromatic rings. The number of aryl methyl sites for hydroxylation is 2. The molecule has 0 saturated carbocycles. The van der Waals surface area contributed by atoms with E-state index in [1.54, 1.807) is 12.1 Å². The number of carboxylic acids is 1. The minimum atomic E-state index is -3.53. The van der Waals surface area contributed by atoms with Gasteiger partial charge < -0.3 is 14.7 Å². The number of aromatic carboxylic acids is 1. The Hall–Kier alpha value is -2.84. The minimum Gasteiger partial charge on any atom is -0.477 e. The van der Waals surface area contributed by atoms with E-state index in [2.05, 4.69) is 30.8 Å². The monoisotopic (exact) mass is 481 g/mol. The maximum atomic E-state index is 13.7. The molecule has 0 saturated heterocycles. The van der Waals surface area contributed by atoms with E-state index in [1.807, 2.05) is 50.2 Å². The average Bonchev–Trinajstić information content (AvgIpc) is 3.17. The van der Waals surface area contributed by atoms with Crippen molar-refractivity contribution < 1.29 is 19.0 Å². The summed E-state index contributed by atoms with van der Waals surface area (Å²) in [5.41, 5.74) is 3.90. The van der Waals surface area contributed by atoms with Gasteiger partial charge in [0.15, 0.2) is 0 Å². The van der Waals surface area contributed by atoms with Crippen LogP contribution in [0.3, 0.4) is 0 Å².